The normalized spacial score (nSPS) is 17.3. The first-order valence-corrected chi connectivity index (χ1v) is 9.65. The van der Waals surface area contributed by atoms with Gasteiger partial charge < -0.3 is 5.32 Å². The Kier molecular flexibility index (Phi) is 5.10. The molecule has 0 radical (unpaired) electrons. The van der Waals surface area contributed by atoms with E-state index in [1.165, 1.54) is 12.1 Å². The van der Waals surface area contributed by atoms with Crippen LogP contribution in [0.25, 0.3) is 16.8 Å². The van der Waals surface area contributed by atoms with Crippen LogP contribution in [0, 0.1) is 0 Å². The number of amides is 1. The average Bonchev–Trinajstić information content (AvgIpc) is 3.01. The van der Waals surface area contributed by atoms with Crippen LogP contribution in [0.15, 0.2) is 70.6 Å². The van der Waals surface area contributed by atoms with Crippen LogP contribution in [0.3, 0.4) is 0 Å². The predicted octanol–water partition coefficient (Wildman–Crippen LogP) is 6.40. The van der Waals surface area contributed by atoms with Gasteiger partial charge in [-0.05, 0) is 52.4 Å². The average molecular weight is 433 g/mol. The largest absolute Gasteiger partial charge is 0.418 e. The van der Waals surface area contributed by atoms with Crippen LogP contribution in [0.5, 0.6) is 0 Å². The molecular weight excluding hydrogens is 421 g/mol. The summed E-state index contributed by atoms with van der Waals surface area (Å²) in [6, 6.07) is 16.8. The van der Waals surface area contributed by atoms with Crippen molar-refractivity contribution in [2.45, 2.75) is 6.18 Å². The number of halogens is 4. The van der Waals surface area contributed by atoms with E-state index in [0.29, 0.717) is 4.91 Å². The molecule has 4 rings (SSSR count). The Morgan fingerprint density at radius 2 is 1.79 bits per heavy atom. The highest BCUT2D eigenvalue weighted by atomic mass is 35.5. The van der Waals surface area contributed by atoms with E-state index in [4.69, 9.17) is 11.6 Å². The van der Waals surface area contributed by atoms with E-state index in [1.807, 2.05) is 42.5 Å². The van der Waals surface area contributed by atoms with E-state index >= 15 is 0 Å². The molecule has 3 aromatic rings. The van der Waals surface area contributed by atoms with Gasteiger partial charge in [-0.25, -0.2) is 4.99 Å². The van der Waals surface area contributed by atoms with Gasteiger partial charge in [0.2, 0.25) is 0 Å². The zero-order valence-corrected chi connectivity index (χ0v) is 16.2. The third kappa shape index (κ3) is 4.16. The van der Waals surface area contributed by atoms with E-state index < -0.39 is 17.6 Å². The van der Waals surface area contributed by atoms with Crippen LogP contribution < -0.4 is 5.32 Å². The number of rotatable bonds is 2. The van der Waals surface area contributed by atoms with Gasteiger partial charge in [0.15, 0.2) is 5.17 Å². The molecule has 1 saturated heterocycles. The highest BCUT2D eigenvalue weighted by Gasteiger charge is 2.34. The minimum atomic E-state index is -4.61. The molecule has 1 fully saturated rings. The molecule has 0 saturated carbocycles. The van der Waals surface area contributed by atoms with Crippen molar-refractivity contribution < 1.29 is 18.0 Å². The van der Waals surface area contributed by atoms with Crippen LogP contribution in [-0.2, 0) is 11.0 Å². The molecule has 3 aromatic carbocycles. The van der Waals surface area contributed by atoms with Crippen molar-refractivity contribution in [3.05, 3.63) is 81.7 Å². The van der Waals surface area contributed by atoms with E-state index in [-0.39, 0.29) is 15.9 Å². The third-order valence-electron chi connectivity index (χ3n) is 4.25. The molecule has 0 aliphatic carbocycles. The van der Waals surface area contributed by atoms with E-state index in [9.17, 15) is 18.0 Å². The molecule has 0 spiro atoms. The first kappa shape index (κ1) is 19.5. The third-order valence-corrected chi connectivity index (χ3v) is 5.39. The Morgan fingerprint density at radius 1 is 1.03 bits per heavy atom. The summed E-state index contributed by atoms with van der Waals surface area (Å²) in [5, 5.41) is 4.55. The first-order chi connectivity index (χ1) is 13.8. The van der Waals surface area contributed by atoms with Gasteiger partial charge in [0, 0.05) is 5.02 Å². The van der Waals surface area contributed by atoms with Gasteiger partial charge in [0.1, 0.15) is 0 Å². The van der Waals surface area contributed by atoms with Crippen LogP contribution >= 0.6 is 23.4 Å². The fourth-order valence-electron chi connectivity index (χ4n) is 2.94. The SMILES string of the molecule is O=C1NC(=Nc2ccc(Cl)cc2C(F)(F)F)SC1=Cc1cccc2ccccc12. The fraction of sp³-hybridized carbons (Fsp3) is 0.0476. The zero-order valence-electron chi connectivity index (χ0n) is 14.6. The Balaban J connectivity index is 1.69. The number of nitrogens with zero attached hydrogens (tertiary/aromatic N) is 1. The monoisotopic (exact) mass is 432 g/mol. The van der Waals surface area contributed by atoms with Gasteiger partial charge in [0.05, 0.1) is 16.2 Å². The molecule has 1 amide bonds. The summed E-state index contributed by atoms with van der Waals surface area (Å²) in [6.07, 6.45) is -2.91. The molecule has 0 aromatic heterocycles. The topological polar surface area (TPSA) is 41.5 Å². The summed E-state index contributed by atoms with van der Waals surface area (Å²) in [5.74, 6) is -0.413. The summed E-state index contributed by atoms with van der Waals surface area (Å²) in [5.41, 5.74) is -0.431. The zero-order chi connectivity index (χ0) is 20.6. The first-order valence-electron chi connectivity index (χ1n) is 8.45. The number of nitrogens with one attached hydrogen (secondary N) is 1. The van der Waals surface area contributed by atoms with E-state index in [2.05, 4.69) is 10.3 Å². The number of carbonyl (C=O) groups is 1. The van der Waals surface area contributed by atoms with Gasteiger partial charge in [-0.15, -0.1) is 0 Å². The minimum Gasteiger partial charge on any atom is -0.300 e. The van der Waals surface area contributed by atoms with Crippen molar-refractivity contribution in [2.24, 2.45) is 4.99 Å². The van der Waals surface area contributed by atoms with Crippen molar-refractivity contribution in [3.8, 4) is 0 Å². The van der Waals surface area contributed by atoms with Crippen molar-refractivity contribution in [2.75, 3.05) is 0 Å². The lowest BCUT2D eigenvalue weighted by Gasteiger charge is -2.10. The highest BCUT2D eigenvalue weighted by molar-refractivity contribution is 8.18. The van der Waals surface area contributed by atoms with Crippen LogP contribution in [-0.4, -0.2) is 11.1 Å². The highest BCUT2D eigenvalue weighted by Crippen LogP contribution is 2.39. The predicted molar refractivity (Wildman–Crippen MR) is 111 cm³/mol. The summed E-state index contributed by atoms with van der Waals surface area (Å²) in [7, 11) is 0. The minimum absolute atomic E-state index is 0.0408. The van der Waals surface area contributed by atoms with Crippen molar-refractivity contribution >= 4 is 57.0 Å². The molecule has 146 valence electrons. The van der Waals surface area contributed by atoms with E-state index in [1.54, 1.807) is 6.08 Å². The van der Waals surface area contributed by atoms with Gasteiger partial charge >= 0.3 is 6.18 Å². The van der Waals surface area contributed by atoms with Gasteiger partial charge in [-0.3, -0.25) is 4.79 Å². The van der Waals surface area contributed by atoms with Crippen LogP contribution in [0.2, 0.25) is 5.02 Å². The Hall–Kier alpha value is -2.77. The molecule has 3 nitrogen and oxygen atoms in total. The molecule has 1 aliphatic rings. The summed E-state index contributed by atoms with van der Waals surface area (Å²) in [6.45, 7) is 0. The summed E-state index contributed by atoms with van der Waals surface area (Å²) >= 11 is 6.68. The Morgan fingerprint density at radius 3 is 2.59 bits per heavy atom. The number of benzene rings is 3. The Labute approximate surface area is 173 Å². The molecular formula is C21H12ClF3N2OS. The number of aliphatic imine (C=N–C) groups is 1. The quantitative estimate of drug-likeness (QED) is 0.476. The number of hydrogen-bond acceptors (Lipinski definition) is 3. The lowest BCUT2D eigenvalue weighted by Crippen LogP contribution is -2.19. The molecule has 0 unspecified atom stereocenters. The fourth-order valence-corrected chi connectivity index (χ4v) is 3.94. The standard InChI is InChI=1S/C21H12ClF3N2OS/c22-14-8-9-17(16(11-14)21(23,24)25)26-20-27-19(28)18(29-20)10-13-6-3-5-12-4-1-2-7-15(12)13/h1-11H,(H,26,27,28). The second kappa shape index (κ2) is 7.57. The van der Waals surface area contributed by atoms with Gasteiger partial charge in [-0.2, -0.15) is 13.2 Å². The number of carbonyl (C=O) groups excluding carboxylic acids is 1. The van der Waals surface area contributed by atoms with E-state index in [0.717, 1.165) is 34.2 Å². The maximum Gasteiger partial charge on any atom is 0.418 e. The Bertz CT molecular complexity index is 1180. The molecule has 29 heavy (non-hydrogen) atoms. The maximum absolute atomic E-state index is 13.3. The molecule has 1 aliphatic heterocycles. The van der Waals surface area contributed by atoms with Gasteiger partial charge in [-0.1, -0.05) is 54.1 Å². The summed E-state index contributed by atoms with van der Waals surface area (Å²) < 4.78 is 39.8. The van der Waals surface area contributed by atoms with Crippen molar-refractivity contribution in [1.29, 1.82) is 0 Å². The molecule has 8 heteroatoms. The second-order valence-corrected chi connectivity index (χ2v) is 7.68. The number of fused-ring (bicyclic) bond motifs is 1. The van der Waals surface area contributed by atoms with Crippen molar-refractivity contribution in [1.82, 2.24) is 5.32 Å². The van der Waals surface area contributed by atoms with Crippen molar-refractivity contribution in [3.63, 3.8) is 0 Å². The smallest absolute Gasteiger partial charge is 0.300 e. The summed E-state index contributed by atoms with van der Waals surface area (Å²) in [4.78, 5) is 16.7. The van der Waals surface area contributed by atoms with Gasteiger partial charge in [0.25, 0.3) is 5.91 Å². The molecule has 0 atom stereocenters. The maximum atomic E-state index is 13.3. The number of thioether (sulfide) groups is 1. The second-order valence-electron chi connectivity index (χ2n) is 6.21. The number of amidine groups is 1. The van der Waals surface area contributed by atoms with Crippen LogP contribution in [0.4, 0.5) is 18.9 Å². The lowest BCUT2D eigenvalue weighted by atomic mass is 10.0. The number of alkyl halides is 3. The number of hydrogen-bond donors (Lipinski definition) is 1. The molecule has 1 heterocycles. The molecule has 1 N–H and O–H groups in total. The lowest BCUT2D eigenvalue weighted by molar-refractivity contribution is -0.137. The van der Waals surface area contributed by atoms with Crippen LogP contribution in [0.1, 0.15) is 11.1 Å². The molecule has 0 bridgehead atoms.